The van der Waals surface area contributed by atoms with Crippen molar-refractivity contribution in [3.63, 3.8) is 0 Å². The molecule has 1 heteroatoms. The summed E-state index contributed by atoms with van der Waals surface area (Å²) >= 11 is 0. The fraction of sp³-hybridized carbons (Fsp3) is 0.143. The quantitative estimate of drug-likeness (QED) is 0.630. The van der Waals surface area contributed by atoms with E-state index in [0.29, 0.717) is 0 Å². The molecule has 0 aliphatic rings. The first kappa shape index (κ1) is 15.0. The van der Waals surface area contributed by atoms with Gasteiger partial charge in [-0.2, -0.15) is 0 Å². The van der Waals surface area contributed by atoms with Gasteiger partial charge in [0.2, 0.25) is 0 Å². The Morgan fingerprint density at radius 2 is 0.818 bits per heavy atom. The fourth-order valence-electron chi connectivity index (χ4n) is 2.75. The number of hydrogen-bond donors (Lipinski definition) is 0. The summed E-state index contributed by atoms with van der Waals surface area (Å²) in [6, 6.07) is 26.8. The highest BCUT2D eigenvalue weighted by atomic mass is 31.1. The summed E-state index contributed by atoms with van der Waals surface area (Å²) in [5, 5.41) is 4.27. The van der Waals surface area contributed by atoms with E-state index in [9.17, 15) is 0 Å². The third kappa shape index (κ3) is 3.29. The Morgan fingerprint density at radius 3 is 1.09 bits per heavy atom. The summed E-state index contributed by atoms with van der Waals surface area (Å²) in [6.07, 6.45) is 0. The van der Waals surface area contributed by atoms with Crippen LogP contribution in [0.1, 0.15) is 16.7 Å². The third-order valence-electron chi connectivity index (χ3n) is 3.78. The molecule has 0 spiro atoms. The van der Waals surface area contributed by atoms with Crippen LogP contribution in [0.25, 0.3) is 0 Å². The van der Waals surface area contributed by atoms with Crippen LogP contribution in [-0.4, -0.2) is 0 Å². The van der Waals surface area contributed by atoms with Gasteiger partial charge in [0.25, 0.3) is 0 Å². The van der Waals surface area contributed by atoms with Crippen molar-refractivity contribution in [2.45, 2.75) is 20.8 Å². The van der Waals surface area contributed by atoms with Crippen molar-refractivity contribution in [2.24, 2.45) is 0 Å². The van der Waals surface area contributed by atoms with Gasteiger partial charge in [-0.05, 0) is 44.6 Å². The highest BCUT2D eigenvalue weighted by Gasteiger charge is 2.16. The summed E-state index contributed by atoms with van der Waals surface area (Å²) in [4.78, 5) is 0. The number of aryl methyl sites for hydroxylation is 3. The van der Waals surface area contributed by atoms with Crippen LogP contribution in [0.4, 0.5) is 0 Å². The Labute approximate surface area is 134 Å². The van der Waals surface area contributed by atoms with Gasteiger partial charge in [0.1, 0.15) is 0 Å². The van der Waals surface area contributed by atoms with Gasteiger partial charge in [0.15, 0.2) is 0 Å². The van der Waals surface area contributed by atoms with E-state index < -0.39 is 7.92 Å². The van der Waals surface area contributed by atoms with Crippen molar-refractivity contribution in [1.29, 1.82) is 0 Å². The lowest BCUT2D eigenvalue weighted by molar-refractivity contribution is 1.48. The normalized spacial score (nSPS) is 10.9. The van der Waals surface area contributed by atoms with E-state index in [-0.39, 0.29) is 0 Å². The van der Waals surface area contributed by atoms with Crippen LogP contribution >= 0.6 is 7.92 Å². The van der Waals surface area contributed by atoms with Gasteiger partial charge in [-0.1, -0.05) is 89.5 Å². The molecule has 0 saturated carbocycles. The molecular weight excluding hydrogens is 283 g/mol. The van der Waals surface area contributed by atoms with Crippen molar-refractivity contribution in [1.82, 2.24) is 0 Å². The van der Waals surface area contributed by atoms with Gasteiger partial charge in [-0.15, -0.1) is 0 Å². The second kappa shape index (κ2) is 6.46. The average molecular weight is 304 g/mol. The van der Waals surface area contributed by atoms with E-state index in [1.54, 1.807) is 0 Å². The van der Waals surface area contributed by atoms with E-state index in [1.807, 2.05) is 0 Å². The van der Waals surface area contributed by atoms with Crippen molar-refractivity contribution >= 4 is 23.8 Å². The Hall–Kier alpha value is -1.91. The first-order valence-electron chi connectivity index (χ1n) is 7.63. The molecule has 0 radical (unpaired) electrons. The van der Waals surface area contributed by atoms with Crippen LogP contribution in [0.2, 0.25) is 0 Å². The highest BCUT2D eigenvalue weighted by molar-refractivity contribution is 7.79. The molecule has 0 heterocycles. The maximum Gasteiger partial charge on any atom is -0.0134 e. The second-order valence-electron chi connectivity index (χ2n) is 5.85. The van der Waals surface area contributed by atoms with Crippen LogP contribution in [0, 0.1) is 20.8 Å². The van der Waals surface area contributed by atoms with E-state index in [0.717, 1.165) is 0 Å². The summed E-state index contributed by atoms with van der Waals surface area (Å²) in [5.74, 6) is 0. The highest BCUT2D eigenvalue weighted by Crippen LogP contribution is 2.33. The summed E-state index contributed by atoms with van der Waals surface area (Å²) in [6.45, 7) is 6.51. The molecular formula is C21H21P. The van der Waals surface area contributed by atoms with Gasteiger partial charge >= 0.3 is 0 Å². The molecule has 0 N–H and O–H groups in total. The predicted octanol–water partition coefficient (Wildman–Crippen LogP) is 4.37. The van der Waals surface area contributed by atoms with Crippen molar-refractivity contribution in [2.75, 3.05) is 0 Å². The lowest BCUT2D eigenvalue weighted by atomic mass is 10.2. The van der Waals surface area contributed by atoms with Gasteiger partial charge in [0.05, 0.1) is 0 Å². The van der Waals surface area contributed by atoms with Gasteiger partial charge in [-0.25, -0.2) is 0 Å². The zero-order valence-corrected chi connectivity index (χ0v) is 14.3. The maximum atomic E-state index is 2.33. The number of rotatable bonds is 3. The molecule has 0 atom stereocenters. The number of benzene rings is 3. The molecule has 0 nitrogen and oxygen atoms in total. The topological polar surface area (TPSA) is 0 Å². The molecule has 0 saturated heterocycles. The average Bonchev–Trinajstić information content (AvgIpc) is 2.48. The Kier molecular flexibility index (Phi) is 4.41. The fourth-order valence-corrected chi connectivity index (χ4v) is 5.35. The molecule has 0 fully saturated rings. The molecule has 0 bridgehead atoms. The number of hydrogen-bond acceptors (Lipinski definition) is 0. The summed E-state index contributed by atoms with van der Waals surface area (Å²) in [7, 11) is -0.495. The smallest absolute Gasteiger partial charge is 0.0134 e. The molecule has 22 heavy (non-hydrogen) atoms. The molecule has 0 aliphatic heterocycles. The molecule has 3 aromatic rings. The molecule has 0 aliphatic carbocycles. The molecule has 3 rings (SSSR count). The molecule has 0 aromatic heterocycles. The van der Waals surface area contributed by atoms with Crippen LogP contribution < -0.4 is 15.9 Å². The van der Waals surface area contributed by atoms with Crippen LogP contribution in [0.3, 0.4) is 0 Å². The molecule has 0 amide bonds. The predicted molar refractivity (Wildman–Crippen MR) is 99.4 cm³/mol. The zero-order valence-electron chi connectivity index (χ0n) is 13.4. The van der Waals surface area contributed by atoms with Gasteiger partial charge in [0, 0.05) is 0 Å². The van der Waals surface area contributed by atoms with Crippen molar-refractivity contribution in [3.8, 4) is 0 Å². The lowest BCUT2D eigenvalue weighted by Gasteiger charge is -2.20. The standard InChI is InChI=1S/C21H21P/c1-16-7-4-10-19(13-16)22(20-11-5-8-17(2)14-20)21-12-6-9-18(3)15-21/h4-15H,1-3H3. The van der Waals surface area contributed by atoms with Crippen LogP contribution in [0.5, 0.6) is 0 Å². The van der Waals surface area contributed by atoms with Crippen molar-refractivity contribution < 1.29 is 0 Å². The molecule has 3 aromatic carbocycles. The molecule has 110 valence electrons. The zero-order chi connectivity index (χ0) is 15.5. The summed E-state index contributed by atoms with van der Waals surface area (Å²) < 4.78 is 0. The van der Waals surface area contributed by atoms with Crippen LogP contribution in [-0.2, 0) is 0 Å². The lowest BCUT2D eigenvalue weighted by Crippen LogP contribution is -2.21. The van der Waals surface area contributed by atoms with E-state index in [2.05, 4.69) is 93.6 Å². The summed E-state index contributed by atoms with van der Waals surface area (Å²) in [5.41, 5.74) is 3.97. The van der Waals surface area contributed by atoms with Gasteiger partial charge < -0.3 is 0 Å². The van der Waals surface area contributed by atoms with E-state index in [4.69, 9.17) is 0 Å². The van der Waals surface area contributed by atoms with Crippen molar-refractivity contribution in [3.05, 3.63) is 89.5 Å². The maximum absolute atomic E-state index is 2.33. The first-order valence-corrected chi connectivity index (χ1v) is 8.98. The first-order chi connectivity index (χ1) is 10.6. The minimum atomic E-state index is -0.495. The monoisotopic (exact) mass is 304 g/mol. The van der Waals surface area contributed by atoms with E-state index >= 15 is 0 Å². The molecule has 0 unspecified atom stereocenters. The minimum absolute atomic E-state index is 0.495. The van der Waals surface area contributed by atoms with Gasteiger partial charge in [-0.3, -0.25) is 0 Å². The van der Waals surface area contributed by atoms with E-state index in [1.165, 1.54) is 32.6 Å². The third-order valence-corrected chi connectivity index (χ3v) is 6.16. The Bertz CT molecular complexity index is 681. The Balaban J connectivity index is 2.18. The second-order valence-corrected chi connectivity index (χ2v) is 8.07. The van der Waals surface area contributed by atoms with Crippen LogP contribution in [0.15, 0.2) is 72.8 Å². The Morgan fingerprint density at radius 1 is 0.500 bits per heavy atom. The minimum Gasteiger partial charge on any atom is -0.0613 e. The largest absolute Gasteiger partial charge is 0.0613 e. The SMILES string of the molecule is Cc1cccc(P(c2cccc(C)c2)c2cccc(C)c2)c1.